The molecule has 8 nitrogen and oxygen atoms in total. The molecule has 8 heteroatoms. The maximum atomic E-state index is 12.9. The van der Waals surface area contributed by atoms with Gasteiger partial charge in [0.05, 0.1) is 6.26 Å². The largest absolute Gasteiger partial charge is 0.461 e. The van der Waals surface area contributed by atoms with Gasteiger partial charge in [-0.05, 0) is 52.0 Å². The predicted octanol–water partition coefficient (Wildman–Crippen LogP) is 1.91. The van der Waals surface area contributed by atoms with Crippen molar-refractivity contribution in [3.05, 3.63) is 52.8 Å². The van der Waals surface area contributed by atoms with Crippen molar-refractivity contribution in [1.82, 2.24) is 24.6 Å². The summed E-state index contributed by atoms with van der Waals surface area (Å²) < 4.78 is 7.86. The molecule has 3 heterocycles. The number of hydrogen-bond acceptors (Lipinski definition) is 5. The lowest BCUT2D eigenvalue weighted by Gasteiger charge is -2.20. The number of aromatic nitrogens is 4. The number of nitrogens with one attached hydrogen (secondary N) is 1. The summed E-state index contributed by atoms with van der Waals surface area (Å²) in [5.41, 5.74) is -0.0952. The number of hydrogen-bond donors (Lipinski definition) is 1. The van der Waals surface area contributed by atoms with Crippen LogP contribution >= 0.6 is 0 Å². The van der Waals surface area contributed by atoms with Crippen LogP contribution in [0, 0.1) is 6.92 Å². The fourth-order valence-corrected chi connectivity index (χ4v) is 2.53. The molecule has 0 aliphatic carbocycles. The molecule has 1 amide bonds. The zero-order valence-electron chi connectivity index (χ0n) is 15.2. The van der Waals surface area contributed by atoms with Crippen molar-refractivity contribution in [3.8, 4) is 17.4 Å². The molecular formula is C18H21N5O3. The van der Waals surface area contributed by atoms with Crippen molar-refractivity contribution in [3.63, 3.8) is 0 Å². The standard InChI is InChI=1S/C18H21N5O3/c1-12-7-5-9-14(19-12)23-16(13-8-6-10-26-13)21-22(17(23)25)11-15(24)20-18(2,3)4/h5-10H,11H2,1-4H3,(H,20,24). The lowest BCUT2D eigenvalue weighted by atomic mass is 10.1. The van der Waals surface area contributed by atoms with E-state index in [1.54, 1.807) is 24.3 Å². The van der Waals surface area contributed by atoms with Crippen molar-refractivity contribution in [2.45, 2.75) is 39.8 Å². The van der Waals surface area contributed by atoms with E-state index < -0.39 is 11.2 Å². The highest BCUT2D eigenvalue weighted by atomic mass is 16.3. The van der Waals surface area contributed by atoms with Gasteiger partial charge in [-0.15, -0.1) is 5.10 Å². The molecule has 0 aliphatic heterocycles. The highest BCUT2D eigenvalue weighted by molar-refractivity contribution is 5.76. The second-order valence-electron chi connectivity index (χ2n) is 7.01. The van der Waals surface area contributed by atoms with E-state index >= 15 is 0 Å². The van der Waals surface area contributed by atoms with Crippen molar-refractivity contribution in [1.29, 1.82) is 0 Å². The van der Waals surface area contributed by atoms with Gasteiger partial charge in [0.15, 0.2) is 5.76 Å². The van der Waals surface area contributed by atoms with Gasteiger partial charge >= 0.3 is 5.69 Å². The lowest BCUT2D eigenvalue weighted by Crippen LogP contribution is -2.43. The molecule has 1 N–H and O–H groups in total. The summed E-state index contributed by atoms with van der Waals surface area (Å²) >= 11 is 0. The topological polar surface area (TPSA) is 95.0 Å². The average molecular weight is 355 g/mol. The van der Waals surface area contributed by atoms with E-state index in [1.807, 2.05) is 33.8 Å². The molecule has 0 saturated heterocycles. The predicted molar refractivity (Wildman–Crippen MR) is 96.0 cm³/mol. The van der Waals surface area contributed by atoms with Crippen LogP contribution in [0.25, 0.3) is 17.4 Å². The Hall–Kier alpha value is -3.16. The molecule has 0 radical (unpaired) electrons. The van der Waals surface area contributed by atoms with Gasteiger partial charge in [0.1, 0.15) is 12.4 Å². The van der Waals surface area contributed by atoms with E-state index in [1.165, 1.54) is 10.8 Å². The van der Waals surface area contributed by atoms with E-state index in [2.05, 4.69) is 15.4 Å². The number of pyridine rings is 1. The summed E-state index contributed by atoms with van der Waals surface area (Å²) in [5, 5.41) is 7.12. The van der Waals surface area contributed by atoms with Crippen LogP contribution in [-0.2, 0) is 11.3 Å². The second-order valence-corrected chi connectivity index (χ2v) is 7.01. The van der Waals surface area contributed by atoms with E-state index in [0.29, 0.717) is 17.4 Å². The van der Waals surface area contributed by atoms with Gasteiger partial charge in [0.2, 0.25) is 11.7 Å². The van der Waals surface area contributed by atoms with Crippen molar-refractivity contribution >= 4 is 5.91 Å². The Bertz CT molecular complexity index is 977. The van der Waals surface area contributed by atoms with Gasteiger partial charge in [-0.2, -0.15) is 0 Å². The molecule has 3 rings (SSSR count). The Kier molecular flexibility index (Phi) is 4.50. The number of carbonyl (C=O) groups excluding carboxylic acids is 1. The molecule has 0 fully saturated rings. The molecule has 0 bridgehead atoms. The van der Waals surface area contributed by atoms with Gasteiger partial charge in [-0.1, -0.05) is 6.07 Å². The van der Waals surface area contributed by atoms with E-state index in [4.69, 9.17) is 4.42 Å². The Morgan fingerprint density at radius 2 is 2.00 bits per heavy atom. The maximum absolute atomic E-state index is 12.9. The van der Waals surface area contributed by atoms with Gasteiger partial charge in [-0.25, -0.2) is 19.0 Å². The molecule has 136 valence electrons. The fourth-order valence-electron chi connectivity index (χ4n) is 2.53. The Morgan fingerprint density at radius 3 is 2.62 bits per heavy atom. The number of carbonyl (C=O) groups is 1. The first-order chi connectivity index (χ1) is 12.2. The van der Waals surface area contributed by atoms with Crippen LogP contribution in [0.3, 0.4) is 0 Å². The number of nitrogens with zero attached hydrogens (tertiary/aromatic N) is 4. The summed E-state index contributed by atoms with van der Waals surface area (Å²) in [5.74, 6) is 0.832. The van der Waals surface area contributed by atoms with Crippen molar-refractivity contribution < 1.29 is 9.21 Å². The molecular weight excluding hydrogens is 334 g/mol. The molecule has 0 spiro atoms. The number of furan rings is 1. The molecule has 0 unspecified atom stereocenters. The van der Waals surface area contributed by atoms with E-state index in [9.17, 15) is 9.59 Å². The first kappa shape index (κ1) is 17.7. The number of rotatable bonds is 4. The van der Waals surface area contributed by atoms with Gasteiger partial charge in [-0.3, -0.25) is 4.79 Å². The zero-order valence-corrected chi connectivity index (χ0v) is 15.2. The smallest absolute Gasteiger partial charge is 0.352 e. The maximum Gasteiger partial charge on any atom is 0.352 e. The van der Waals surface area contributed by atoms with Gasteiger partial charge in [0.25, 0.3) is 0 Å². The van der Waals surface area contributed by atoms with Crippen molar-refractivity contribution in [2.75, 3.05) is 0 Å². The molecule has 26 heavy (non-hydrogen) atoms. The highest BCUT2D eigenvalue weighted by Crippen LogP contribution is 2.19. The molecule has 3 aromatic rings. The van der Waals surface area contributed by atoms with E-state index in [0.717, 1.165) is 10.4 Å². The van der Waals surface area contributed by atoms with Crippen LogP contribution in [0.2, 0.25) is 0 Å². The summed E-state index contributed by atoms with van der Waals surface area (Å²) in [7, 11) is 0. The molecule has 0 aromatic carbocycles. The van der Waals surface area contributed by atoms with Gasteiger partial charge in [0, 0.05) is 11.2 Å². The van der Waals surface area contributed by atoms with Crippen LogP contribution in [0.1, 0.15) is 26.5 Å². The third-order valence-electron chi connectivity index (χ3n) is 3.49. The summed E-state index contributed by atoms with van der Waals surface area (Å²) in [6.07, 6.45) is 1.50. The highest BCUT2D eigenvalue weighted by Gasteiger charge is 2.22. The number of amides is 1. The van der Waals surface area contributed by atoms with E-state index in [-0.39, 0.29) is 12.5 Å². The first-order valence-corrected chi connectivity index (χ1v) is 8.23. The van der Waals surface area contributed by atoms with Gasteiger partial charge < -0.3 is 9.73 Å². The third-order valence-corrected chi connectivity index (χ3v) is 3.49. The molecule has 3 aromatic heterocycles. The van der Waals surface area contributed by atoms with Crippen LogP contribution in [0.4, 0.5) is 0 Å². The Labute approximate surface area is 150 Å². The van der Waals surface area contributed by atoms with Crippen LogP contribution in [0.15, 0.2) is 45.8 Å². The normalized spacial score (nSPS) is 11.5. The SMILES string of the molecule is Cc1cccc(-n2c(-c3ccco3)nn(CC(=O)NC(C)(C)C)c2=O)n1. The second kappa shape index (κ2) is 6.62. The molecule has 0 saturated carbocycles. The average Bonchev–Trinajstić information content (AvgIpc) is 3.14. The van der Waals surface area contributed by atoms with Crippen LogP contribution < -0.4 is 11.0 Å². The molecule has 0 aliphatic rings. The first-order valence-electron chi connectivity index (χ1n) is 8.23. The molecule has 0 atom stereocenters. The summed E-state index contributed by atoms with van der Waals surface area (Å²) in [6.45, 7) is 7.26. The minimum absolute atomic E-state index is 0.192. The monoisotopic (exact) mass is 355 g/mol. The summed E-state index contributed by atoms with van der Waals surface area (Å²) in [4.78, 5) is 29.5. The minimum atomic E-state index is -0.460. The van der Waals surface area contributed by atoms with Crippen molar-refractivity contribution in [2.24, 2.45) is 0 Å². The minimum Gasteiger partial charge on any atom is -0.461 e. The lowest BCUT2D eigenvalue weighted by molar-refractivity contribution is -0.123. The van der Waals surface area contributed by atoms with Crippen LogP contribution in [0.5, 0.6) is 0 Å². The zero-order chi connectivity index (χ0) is 18.9. The quantitative estimate of drug-likeness (QED) is 0.771. The third kappa shape index (κ3) is 3.74. The van der Waals surface area contributed by atoms with Crippen LogP contribution in [-0.4, -0.2) is 30.8 Å². The number of aryl methyl sites for hydroxylation is 1. The summed E-state index contributed by atoms with van der Waals surface area (Å²) in [6, 6.07) is 8.76. The fraction of sp³-hybridized carbons (Fsp3) is 0.333. The Morgan fingerprint density at radius 1 is 1.23 bits per heavy atom. The Balaban J connectivity index is 2.07.